The Morgan fingerprint density at radius 3 is 2.34 bits per heavy atom. The van der Waals surface area contributed by atoms with Crippen LogP contribution in [0.5, 0.6) is 0 Å². The molecule has 4 rings (SSSR count). The van der Waals surface area contributed by atoms with Gasteiger partial charge in [-0.3, -0.25) is 9.59 Å². The van der Waals surface area contributed by atoms with Crippen LogP contribution in [0.4, 0.5) is 21.7 Å². The van der Waals surface area contributed by atoms with E-state index in [9.17, 15) is 14.0 Å². The Hall–Kier alpha value is -3.33. The number of fused-ring (bicyclic) bond motifs is 1. The summed E-state index contributed by atoms with van der Waals surface area (Å²) in [6, 6.07) is 12.2. The van der Waals surface area contributed by atoms with Crippen molar-refractivity contribution in [3.8, 4) is 0 Å². The lowest BCUT2D eigenvalue weighted by Gasteiger charge is -2.11. The van der Waals surface area contributed by atoms with Gasteiger partial charge in [0.25, 0.3) is 11.8 Å². The zero-order valence-electron chi connectivity index (χ0n) is 18.9. The van der Waals surface area contributed by atoms with E-state index in [-0.39, 0.29) is 34.2 Å². The van der Waals surface area contributed by atoms with Crippen LogP contribution in [0.25, 0.3) is 11.0 Å². The lowest BCUT2D eigenvalue weighted by molar-refractivity contribution is 0.101. The predicted molar refractivity (Wildman–Crippen MR) is 141 cm³/mol. The largest absolute Gasteiger partial charge is 0.349 e. The van der Waals surface area contributed by atoms with Gasteiger partial charge in [0.15, 0.2) is 0 Å². The second kappa shape index (κ2) is 10.5. The van der Waals surface area contributed by atoms with E-state index in [1.807, 2.05) is 6.92 Å². The maximum Gasteiger partial charge on any atom is 0.260 e. The fraction of sp³-hybridized carbons (Fsp3) is 0.125. The van der Waals surface area contributed by atoms with Gasteiger partial charge in [0, 0.05) is 30.5 Å². The van der Waals surface area contributed by atoms with Crippen LogP contribution in [-0.2, 0) is 0 Å². The summed E-state index contributed by atoms with van der Waals surface area (Å²) in [5, 5.41) is 5.91. The van der Waals surface area contributed by atoms with Crippen molar-refractivity contribution in [2.75, 3.05) is 29.6 Å². The fourth-order valence-corrected chi connectivity index (χ4v) is 3.77. The third-order valence-corrected chi connectivity index (χ3v) is 5.84. The highest BCUT2D eigenvalue weighted by atomic mass is 35.5. The number of anilines is 3. The van der Waals surface area contributed by atoms with Crippen LogP contribution >= 0.6 is 35.6 Å². The summed E-state index contributed by atoms with van der Waals surface area (Å²) in [6.45, 7) is 1.86. The van der Waals surface area contributed by atoms with E-state index >= 15 is 0 Å². The van der Waals surface area contributed by atoms with Gasteiger partial charge in [-0.15, -0.1) is 12.4 Å². The molecule has 0 atom stereocenters. The molecule has 0 bridgehead atoms. The summed E-state index contributed by atoms with van der Waals surface area (Å²) in [7, 11) is 3.60. The SMILES string of the molecule is Cc1ccc(NC(=O)c2cc(NC(=O)c3c(F)cccc3Cl)cc3[nH]c(N(C)C)nc23)cc1Cl.Cl. The Morgan fingerprint density at radius 2 is 1.69 bits per heavy atom. The number of hydrogen-bond donors (Lipinski definition) is 3. The van der Waals surface area contributed by atoms with Gasteiger partial charge in [-0.05, 0) is 48.9 Å². The number of carbonyl (C=O) groups is 2. The number of H-pyrrole nitrogens is 1. The molecule has 2 amide bonds. The first-order valence-electron chi connectivity index (χ1n) is 10.2. The molecule has 3 aromatic carbocycles. The molecule has 4 aromatic rings. The first-order chi connectivity index (χ1) is 16.1. The Labute approximate surface area is 217 Å². The fourth-order valence-electron chi connectivity index (χ4n) is 3.34. The second-order valence-corrected chi connectivity index (χ2v) is 8.66. The molecule has 0 saturated carbocycles. The highest BCUT2D eigenvalue weighted by Gasteiger charge is 2.20. The van der Waals surface area contributed by atoms with E-state index in [0.717, 1.165) is 11.6 Å². The highest BCUT2D eigenvalue weighted by Crippen LogP contribution is 2.28. The first kappa shape index (κ1) is 26.3. The molecule has 0 aliphatic rings. The summed E-state index contributed by atoms with van der Waals surface area (Å²) in [6.07, 6.45) is 0. The number of nitrogens with one attached hydrogen (secondary N) is 3. The van der Waals surface area contributed by atoms with E-state index in [1.165, 1.54) is 18.2 Å². The van der Waals surface area contributed by atoms with Crippen LogP contribution in [0, 0.1) is 12.7 Å². The summed E-state index contributed by atoms with van der Waals surface area (Å²) < 4.78 is 14.2. The first-order valence-corrected chi connectivity index (χ1v) is 10.9. The van der Waals surface area contributed by atoms with Gasteiger partial charge < -0.3 is 20.5 Å². The number of aromatic amines is 1. The van der Waals surface area contributed by atoms with Crippen LogP contribution < -0.4 is 15.5 Å². The van der Waals surface area contributed by atoms with Gasteiger partial charge in [0.2, 0.25) is 5.95 Å². The molecule has 3 N–H and O–H groups in total. The Balaban J connectivity index is 0.00000342. The van der Waals surface area contributed by atoms with Crippen molar-refractivity contribution >= 4 is 75.8 Å². The minimum Gasteiger partial charge on any atom is -0.349 e. The number of aromatic nitrogens is 2. The maximum atomic E-state index is 14.2. The van der Waals surface area contributed by atoms with E-state index in [0.29, 0.717) is 27.7 Å². The summed E-state index contributed by atoms with van der Waals surface area (Å²) in [5.74, 6) is -1.44. The molecule has 182 valence electrons. The number of carbonyl (C=O) groups excluding carboxylic acids is 2. The highest BCUT2D eigenvalue weighted by molar-refractivity contribution is 6.34. The van der Waals surface area contributed by atoms with E-state index in [4.69, 9.17) is 23.2 Å². The molecule has 0 aliphatic heterocycles. The molecule has 0 aliphatic carbocycles. The Morgan fingerprint density at radius 1 is 0.971 bits per heavy atom. The van der Waals surface area contributed by atoms with Crippen molar-refractivity contribution in [3.63, 3.8) is 0 Å². The van der Waals surface area contributed by atoms with Crippen molar-refractivity contribution in [2.24, 2.45) is 0 Å². The quantitative estimate of drug-likeness (QED) is 0.279. The maximum absolute atomic E-state index is 14.2. The van der Waals surface area contributed by atoms with Gasteiger partial charge in [0.1, 0.15) is 11.3 Å². The lowest BCUT2D eigenvalue weighted by Crippen LogP contribution is -2.16. The number of amides is 2. The number of hydrogen-bond acceptors (Lipinski definition) is 4. The van der Waals surface area contributed by atoms with Gasteiger partial charge >= 0.3 is 0 Å². The molecule has 7 nitrogen and oxygen atoms in total. The lowest BCUT2D eigenvalue weighted by atomic mass is 10.1. The molecule has 35 heavy (non-hydrogen) atoms. The molecule has 1 aromatic heterocycles. The Bertz CT molecular complexity index is 1420. The predicted octanol–water partition coefficient (Wildman–Crippen LogP) is 6.31. The monoisotopic (exact) mass is 535 g/mol. The molecule has 1 heterocycles. The molecular formula is C24H21Cl3FN5O2. The van der Waals surface area contributed by atoms with Gasteiger partial charge in [-0.25, -0.2) is 9.37 Å². The third-order valence-electron chi connectivity index (χ3n) is 5.12. The third kappa shape index (κ3) is 5.51. The average molecular weight is 537 g/mol. The van der Waals surface area contributed by atoms with Crippen molar-refractivity contribution in [1.82, 2.24) is 9.97 Å². The van der Waals surface area contributed by atoms with Gasteiger partial charge in [0.05, 0.1) is 21.7 Å². The van der Waals surface area contributed by atoms with Crippen molar-refractivity contribution in [2.45, 2.75) is 6.92 Å². The van der Waals surface area contributed by atoms with Crippen LogP contribution in [0.2, 0.25) is 10.0 Å². The normalized spacial score (nSPS) is 10.6. The number of benzene rings is 3. The molecule has 0 radical (unpaired) electrons. The zero-order valence-corrected chi connectivity index (χ0v) is 21.2. The molecule has 0 spiro atoms. The molecule has 0 saturated heterocycles. The average Bonchev–Trinajstić information content (AvgIpc) is 3.20. The second-order valence-electron chi connectivity index (χ2n) is 7.84. The Kier molecular flexibility index (Phi) is 7.90. The van der Waals surface area contributed by atoms with E-state index in [2.05, 4.69) is 20.6 Å². The summed E-state index contributed by atoms with van der Waals surface area (Å²) in [5.41, 5.74) is 2.47. The molecule has 0 fully saturated rings. The van der Waals surface area contributed by atoms with Crippen molar-refractivity contribution in [3.05, 3.63) is 81.1 Å². The van der Waals surface area contributed by atoms with Crippen LogP contribution in [0.15, 0.2) is 48.5 Å². The smallest absolute Gasteiger partial charge is 0.260 e. The standard InChI is InChI=1S/C24H20Cl2FN5O2.ClH/c1-12-7-8-13(10-17(12)26)28-22(33)15-9-14(11-19-21(15)31-24(30-19)32(2)3)29-23(34)20-16(25)5-4-6-18(20)27;/h4-11H,1-3H3,(H,28,33)(H,29,34)(H,30,31);1H. The van der Waals surface area contributed by atoms with Crippen molar-refractivity contribution < 1.29 is 14.0 Å². The summed E-state index contributed by atoms with van der Waals surface area (Å²) in [4.78, 5) is 35.3. The van der Waals surface area contributed by atoms with E-state index in [1.54, 1.807) is 43.3 Å². The minimum absolute atomic E-state index is 0. The number of aryl methyl sites for hydroxylation is 1. The number of imidazole rings is 1. The molecule has 11 heteroatoms. The van der Waals surface area contributed by atoms with Crippen LogP contribution in [0.1, 0.15) is 26.3 Å². The van der Waals surface area contributed by atoms with Crippen molar-refractivity contribution in [1.29, 1.82) is 0 Å². The van der Waals surface area contributed by atoms with E-state index < -0.39 is 17.6 Å². The number of nitrogens with zero attached hydrogens (tertiary/aromatic N) is 2. The van der Waals surface area contributed by atoms with Crippen LogP contribution in [-0.4, -0.2) is 35.9 Å². The topological polar surface area (TPSA) is 90.1 Å². The number of halogens is 4. The molecule has 0 unspecified atom stereocenters. The summed E-state index contributed by atoms with van der Waals surface area (Å²) >= 11 is 12.2. The van der Waals surface area contributed by atoms with Gasteiger partial charge in [-0.1, -0.05) is 35.3 Å². The zero-order chi connectivity index (χ0) is 24.6. The van der Waals surface area contributed by atoms with Crippen LogP contribution in [0.3, 0.4) is 0 Å². The number of rotatable bonds is 5. The van der Waals surface area contributed by atoms with Gasteiger partial charge in [-0.2, -0.15) is 0 Å². The molecular weight excluding hydrogens is 516 g/mol. The minimum atomic E-state index is -0.753.